The fourth-order valence-corrected chi connectivity index (χ4v) is 1.64. The van der Waals surface area contributed by atoms with E-state index in [2.05, 4.69) is 4.74 Å². The van der Waals surface area contributed by atoms with Crippen molar-refractivity contribution in [1.29, 1.82) is 0 Å². The molecular formula is C12H13NO4. The van der Waals surface area contributed by atoms with Gasteiger partial charge >= 0.3 is 6.16 Å². The van der Waals surface area contributed by atoms with E-state index in [0.29, 0.717) is 12.4 Å². The molecule has 2 aromatic heterocycles. The number of furan rings is 1. The van der Waals surface area contributed by atoms with Crippen LogP contribution in [0.15, 0.2) is 41.1 Å². The second kappa shape index (κ2) is 5.25. The number of hydrogen-bond donors (Lipinski definition) is 1. The van der Waals surface area contributed by atoms with Crippen LogP contribution < -0.4 is 4.74 Å². The quantitative estimate of drug-likeness (QED) is 0.809. The van der Waals surface area contributed by atoms with Crippen LogP contribution in [0, 0.1) is 0 Å². The monoisotopic (exact) mass is 235 g/mol. The third kappa shape index (κ3) is 3.14. The molecule has 0 fully saturated rings. The number of aromatic nitrogens is 1. The molecule has 90 valence electrons. The minimum atomic E-state index is -1.30. The summed E-state index contributed by atoms with van der Waals surface area (Å²) in [4.78, 5) is 10.4. The van der Waals surface area contributed by atoms with Gasteiger partial charge in [0.1, 0.15) is 5.76 Å². The van der Waals surface area contributed by atoms with Gasteiger partial charge in [-0.3, -0.25) is 0 Å². The summed E-state index contributed by atoms with van der Waals surface area (Å²) in [7, 11) is 0. The molecule has 0 amide bonds. The first-order chi connectivity index (χ1) is 8.25. The lowest BCUT2D eigenvalue weighted by molar-refractivity contribution is 0.140. The van der Waals surface area contributed by atoms with E-state index in [-0.39, 0.29) is 0 Å². The molecule has 2 heterocycles. The van der Waals surface area contributed by atoms with Crippen LogP contribution in [0.4, 0.5) is 4.79 Å². The summed E-state index contributed by atoms with van der Waals surface area (Å²) in [5.74, 6) is 1.27. The van der Waals surface area contributed by atoms with Gasteiger partial charge in [-0.15, -0.1) is 0 Å². The maximum absolute atomic E-state index is 10.4. The van der Waals surface area contributed by atoms with Gasteiger partial charge in [0, 0.05) is 25.2 Å². The first kappa shape index (κ1) is 11.3. The molecule has 0 atom stereocenters. The van der Waals surface area contributed by atoms with Crippen LogP contribution in [0.25, 0.3) is 0 Å². The molecule has 1 N–H and O–H groups in total. The fraction of sp³-hybridized carbons (Fsp3) is 0.250. The van der Waals surface area contributed by atoms with Crippen LogP contribution >= 0.6 is 0 Å². The van der Waals surface area contributed by atoms with E-state index in [4.69, 9.17) is 9.52 Å². The van der Waals surface area contributed by atoms with Crippen LogP contribution in [0.2, 0.25) is 0 Å². The second-order valence-corrected chi connectivity index (χ2v) is 3.59. The normalized spacial score (nSPS) is 10.4. The molecule has 2 rings (SSSR count). The number of hydrogen-bond acceptors (Lipinski definition) is 3. The van der Waals surface area contributed by atoms with Gasteiger partial charge in [-0.2, -0.15) is 0 Å². The number of rotatable bonds is 5. The van der Waals surface area contributed by atoms with Gasteiger partial charge in [-0.1, -0.05) is 0 Å². The fourth-order valence-electron chi connectivity index (χ4n) is 1.64. The minimum absolute atomic E-state index is 0.344. The van der Waals surface area contributed by atoms with Crippen molar-refractivity contribution >= 4 is 6.16 Å². The molecule has 17 heavy (non-hydrogen) atoms. The SMILES string of the molecule is O=C(O)Oc1cccn1CCCc1ccco1. The first-order valence-corrected chi connectivity index (χ1v) is 5.34. The van der Waals surface area contributed by atoms with Gasteiger partial charge in [-0.25, -0.2) is 4.79 Å². The highest BCUT2D eigenvalue weighted by Crippen LogP contribution is 2.14. The van der Waals surface area contributed by atoms with Crippen molar-refractivity contribution < 1.29 is 19.1 Å². The van der Waals surface area contributed by atoms with Crippen molar-refractivity contribution in [3.05, 3.63) is 42.5 Å². The summed E-state index contributed by atoms with van der Waals surface area (Å²) >= 11 is 0. The molecule has 0 aliphatic carbocycles. The van der Waals surface area contributed by atoms with Crippen molar-refractivity contribution in [1.82, 2.24) is 4.57 Å². The molecule has 0 aliphatic heterocycles. The van der Waals surface area contributed by atoms with Gasteiger partial charge in [0.2, 0.25) is 5.88 Å². The Hall–Kier alpha value is -2.17. The summed E-state index contributed by atoms with van der Waals surface area (Å²) < 4.78 is 11.6. The minimum Gasteiger partial charge on any atom is -0.469 e. The Morgan fingerprint density at radius 2 is 2.29 bits per heavy atom. The van der Waals surface area contributed by atoms with E-state index < -0.39 is 6.16 Å². The van der Waals surface area contributed by atoms with E-state index in [1.807, 2.05) is 12.1 Å². The number of nitrogens with zero attached hydrogens (tertiary/aromatic N) is 1. The molecular weight excluding hydrogens is 222 g/mol. The highest BCUT2D eigenvalue weighted by Gasteiger charge is 2.06. The van der Waals surface area contributed by atoms with E-state index in [0.717, 1.165) is 18.6 Å². The van der Waals surface area contributed by atoms with Crippen molar-refractivity contribution in [3.8, 4) is 5.88 Å². The van der Waals surface area contributed by atoms with Gasteiger partial charge in [0.15, 0.2) is 0 Å². The summed E-state index contributed by atoms with van der Waals surface area (Å²) in [5, 5.41) is 8.53. The molecule has 0 bridgehead atoms. The average Bonchev–Trinajstić information content (AvgIpc) is 2.90. The average molecular weight is 235 g/mol. The number of aryl methyl sites for hydroxylation is 2. The Kier molecular flexibility index (Phi) is 3.49. The van der Waals surface area contributed by atoms with Crippen LogP contribution in [0.3, 0.4) is 0 Å². The molecule has 0 aromatic carbocycles. The van der Waals surface area contributed by atoms with Crippen molar-refractivity contribution in [2.24, 2.45) is 0 Å². The molecule has 0 saturated carbocycles. The van der Waals surface area contributed by atoms with Crippen LogP contribution in [-0.2, 0) is 13.0 Å². The highest BCUT2D eigenvalue weighted by molar-refractivity contribution is 5.60. The predicted molar refractivity (Wildman–Crippen MR) is 60.1 cm³/mol. The summed E-state index contributed by atoms with van der Waals surface area (Å²) in [5.41, 5.74) is 0. The van der Waals surface area contributed by atoms with E-state index in [1.54, 1.807) is 29.2 Å². The van der Waals surface area contributed by atoms with Crippen LogP contribution in [0.5, 0.6) is 5.88 Å². The predicted octanol–water partition coefficient (Wildman–Crippen LogP) is 2.77. The van der Waals surface area contributed by atoms with Crippen LogP contribution in [-0.4, -0.2) is 15.8 Å². The molecule has 5 nitrogen and oxygen atoms in total. The number of carboxylic acid groups (broad SMARTS) is 1. The first-order valence-electron chi connectivity index (χ1n) is 5.34. The molecule has 5 heteroatoms. The summed E-state index contributed by atoms with van der Waals surface area (Å²) in [6.07, 6.45) is 3.82. The third-order valence-electron chi connectivity index (χ3n) is 2.38. The molecule has 0 spiro atoms. The van der Waals surface area contributed by atoms with Crippen molar-refractivity contribution in [2.75, 3.05) is 0 Å². The lowest BCUT2D eigenvalue weighted by Crippen LogP contribution is -2.08. The highest BCUT2D eigenvalue weighted by atomic mass is 16.7. The molecule has 0 unspecified atom stereocenters. The number of ether oxygens (including phenoxy) is 1. The smallest absolute Gasteiger partial charge is 0.469 e. The zero-order valence-electron chi connectivity index (χ0n) is 9.20. The Balaban J connectivity index is 1.86. The zero-order valence-corrected chi connectivity index (χ0v) is 9.20. The largest absolute Gasteiger partial charge is 0.512 e. The van der Waals surface area contributed by atoms with Gasteiger partial charge in [0.05, 0.1) is 6.26 Å². The zero-order chi connectivity index (χ0) is 12.1. The molecule has 0 aliphatic rings. The molecule has 2 aromatic rings. The standard InChI is InChI=1S/C12H13NO4/c14-12(15)17-11-6-2-8-13(11)7-1-4-10-5-3-9-16-10/h2-3,5-6,8-9H,1,4,7H2,(H,14,15). The van der Waals surface area contributed by atoms with Gasteiger partial charge in [-0.05, 0) is 24.6 Å². The Morgan fingerprint density at radius 3 is 3.00 bits per heavy atom. The Labute approximate surface area is 98.2 Å². The topological polar surface area (TPSA) is 64.6 Å². The van der Waals surface area contributed by atoms with E-state index in [1.165, 1.54) is 0 Å². The van der Waals surface area contributed by atoms with Crippen molar-refractivity contribution in [3.63, 3.8) is 0 Å². The molecule has 0 radical (unpaired) electrons. The Morgan fingerprint density at radius 1 is 1.41 bits per heavy atom. The van der Waals surface area contributed by atoms with Gasteiger partial charge in [0.25, 0.3) is 0 Å². The summed E-state index contributed by atoms with van der Waals surface area (Å²) in [6, 6.07) is 7.15. The molecule has 0 saturated heterocycles. The van der Waals surface area contributed by atoms with Crippen LogP contribution in [0.1, 0.15) is 12.2 Å². The lowest BCUT2D eigenvalue weighted by Gasteiger charge is -2.06. The maximum atomic E-state index is 10.4. The third-order valence-corrected chi connectivity index (χ3v) is 2.38. The van der Waals surface area contributed by atoms with E-state index >= 15 is 0 Å². The maximum Gasteiger partial charge on any atom is 0.512 e. The van der Waals surface area contributed by atoms with Gasteiger partial charge < -0.3 is 18.8 Å². The van der Waals surface area contributed by atoms with E-state index in [9.17, 15) is 4.79 Å². The number of carbonyl (C=O) groups is 1. The lowest BCUT2D eigenvalue weighted by atomic mass is 10.2. The second-order valence-electron chi connectivity index (χ2n) is 3.59. The van der Waals surface area contributed by atoms with Crippen molar-refractivity contribution in [2.45, 2.75) is 19.4 Å². The summed E-state index contributed by atoms with van der Waals surface area (Å²) in [6.45, 7) is 0.691. The Bertz CT molecular complexity index is 472.